The summed E-state index contributed by atoms with van der Waals surface area (Å²) in [5, 5.41) is 26.5. The smallest absolute Gasteiger partial charge is 0.258 e. The number of methoxy groups -OCH3 is 2. The van der Waals surface area contributed by atoms with Crippen molar-refractivity contribution in [1.82, 2.24) is 0 Å². The molecule has 0 radical (unpaired) electrons. The zero-order chi connectivity index (χ0) is 50.5. The Morgan fingerprint density at radius 2 is 0.986 bits per heavy atom. The molecule has 4 atom stereocenters. The number of azo groups is 2. The van der Waals surface area contributed by atoms with Crippen LogP contribution in [0.4, 0.5) is 34.1 Å². The van der Waals surface area contributed by atoms with Crippen LogP contribution >= 0.6 is 58.0 Å². The summed E-state index contributed by atoms with van der Waals surface area (Å²) >= 11 is 31.3. The van der Waals surface area contributed by atoms with Gasteiger partial charge in [-0.25, -0.2) is 0 Å². The standard InChI is InChI=1S/C48H45Cl5N8O8/c1-24(50)34-12-9-32(22-41(34)68-5)54-45(64)29-7-14-36(52)39(20-29)58-60-43(26(3)62)47(66)56-31-11-16-38(28(19-31)17-18-49)57-48(67)44(27(4)63)61-59-40-21-30(8-15-37(40)53)46(65)55-33-10-13-35(25(2)51)42(23-33)69-6/h7-16,19-25,43-44H,17-18H2,1-6H3,(H,54,64)(H,55,65)(H,56,66)(H,57,67). The number of hydrogen-bond donors (Lipinski definition) is 4. The molecule has 0 saturated carbocycles. The molecule has 5 aromatic rings. The predicted octanol–water partition coefficient (Wildman–Crippen LogP) is 12.3. The van der Waals surface area contributed by atoms with Gasteiger partial charge in [-0.05, 0) is 106 Å². The number of alkyl halides is 3. The Morgan fingerprint density at radius 1 is 0.565 bits per heavy atom. The van der Waals surface area contributed by atoms with Crippen LogP contribution in [0.3, 0.4) is 0 Å². The fraction of sp³-hybridized carbons (Fsp3) is 0.250. The van der Waals surface area contributed by atoms with Crippen molar-refractivity contribution in [2.24, 2.45) is 20.5 Å². The van der Waals surface area contributed by atoms with Gasteiger partial charge >= 0.3 is 0 Å². The normalized spacial score (nSPS) is 13.0. The monoisotopic (exact) mass is 1040 g/mol. The Morgan fingerprint density at radius 3 is 1.39 bits per heavy atom. The van der Waals surface area contributed by atoms with Crippen LogP contribution in [0.5, 0.6) is 11.5 Å². The number of carbonyl (C=O) groups is 6. The number of hydrogen-bond acceptors (Lipinski definition) is 12. The maximum absolute atomic E-state index is 13.5. The average molecular weight is 1040 g/mol. The third-order valence-electron chi connectivity index (χ3n) is 10.1. The van der Waals surface area contributed by atoms with E-state index in [1.807, 2.05) is 0 Å². The Bertz CT molecular complexity index is 2840. The van der Waals surface area contributed by atoms with Crippen molar-refractivity contribution in [2.45, 2.75) is 57.0 Å². The number of nitrogens with one attached hydrogen (secondary N) is 4. The second-order valence-electron chi connectivity index (χ2n) is 15.1. The minimum atomic E-state index is -1.64. The molecular formula is C48H45Cl5N8O8. The van der Waals surface area contributed by atoms with Crippen molar-refractivity contribution in [3.05, 3.63) is 129 Å². The lowest BCUT2D eigenvalue weighted by molar-refractivity contribution is -0.127. The number of carbonyl (C=O) groups excluding carboxylic acids is 6. The Labute approximate surface area is 422 Å². The van der Waals surface area contributed by atoms with E-state index in [2.05, 4.69) is 41.7 Å². The lowest BCUT2D eigenvalue weighted by atomic mass is 10.1. The van der Waals surface area contributed by atoms with Crippen molar-refractivity contribution in [3.63, 3.8) is 0 Å². The number of amides is 4. The minimum Gasteiger partial charge on any atom is -0.496 e. The molecular weight excluding hydrogens is 994 g/mol. The molecule has 0 aliphatic rings. The molecule has 0 aliphatic heterocycles. The molecule has 4 unspecified atom stereocenters. The summed E-state index contributed by atoms with van der Waals surface area (Å²) in [6.07, 6.45) is 0.199. The van der Waals surface area contributed by atoms with Crippen LogP contribution in [-0.4, -0.2) is 67.4 Å². The van der Waals surface area contributed by atoms with Gasteiger partial charge in [0.05, 0.1) is 35.0 Å². The van der Waals surface area contributed by atoms with Gasteiger partial charge in [0.2, 0.25) is 12.1 Å². The first-order valence-corrected chi connectivity index (χ1v) is 23.0. The van der Waals surface area contributed by atoms with E-state index in [0.717, 1.165) is 25.0 Å². The van der Waals surface area contributed by atoms with Gasteiger partial charge in [0.15, 0.2) is 11.6 Å². The molecule has 360 valence electrons. The van der Waals surface area contributed by atoms with Crippen molar-refractivity contribution in [2.75, 3.05) is 41.4 Å². The molecule has 0 fully saturated rings. The fourth-order valence-electron chi connectivity index (χ4n) is 6.49. The van der Waals surface area contributed by atoms with E-state index < -0.39 is 47.3 Å². The Balaban J connectivity index is 1.27. The molecule has 0 spiro atoms. The maximum atomic E-state index is 13.5. The molecule has 4 amide bonds. The topological polar surface area (TPSA) is 218 Å². The van der Waals surface area contributed by atoms with Gasteiger partial charge in [-0.3, -0.25) is 28.8 Å². The van der Waals surface area contributed by atoms with E-state index in [1.54, 1.807) is 50.2 Å². The quantitative estimate of drug-likeness (QED) is 0.0333. The van der Waals surface area contributed by atoms with Crippen LogP contribution in [0.2, 0.25) is 10.0 Å². The average Bonchev–Trinajstić information content (AvgIpc) is 3.30. The molecule has 0 saturated heterocycles. The van der Waals surface area contributed by atoms with Crippen LogP contribution in [0.1, 0.15) is 75.9 Å². The van der Waals surface area contributed by atoms with E-state index in [4.69, 9.17) is 67.5 Å². The van der Waals surface area contributed by atoms with Gasteiger partial charge in [-0.2, -0.15) is 20.5 Å². The highest BCUT2D eigenvalue weighted by Gasteiger charge is 2.26. The second kappa shape index (κ2) is 24.7. The molecule has 5 aromatic carbocycles. The first kappa shape index (κ1) is 53.5. The molecule has 0 aromatic heterocycles. The van der Waals surface area contributed by atoms with Crippen LogP contribution in [0.15, 0.2) is 111 Å². The van der Waals surface area contributed by atoms with Crippen molar-refractivity contribution < 1.29 is 38.2 Å². The van der Waals surface area contributed by atoms with Crippen molar-refractivity contribution in [3.8, 4) is 11.5 Å². The van der Waals surface area contributed by atoms with Crippen molar-refractivity contribution >= 4 is 127 Å². The summed E-state index contributed by atoms with van der Waals surface area (Å²) in [4.78, 5) is 78.8. The fourth-order valence-corrected chi connectivity index (χ4v) is 7.37. The number of aryl methyl sites for hydroxylation is 1. The van der Waals surface area contributed by atoms with Crippen LogP contribution in [0.25, 0.3) is 0 Å². The van der Waals surface area contributed by atoms with E-state index >= 15 is 0 Å². The van der Waals surface area contributed by atoms with E-state index in [1.165, 1.54) is 68.8 Å². The molecule has 69 heavy (non-hydrogen) atoms. The summed E-state index contributed by atoms with van der Waals surface area (Å²) < 4.78 is 10.8. The number of Topliss-reactive ketones (excluding diaryl/α,β-unsaturated/α-hetero) is 2. The highest BCUT2D eigenvalue weighted by molar-refractivity contribution is 6.33. The lowest BCUT2D eigenvalue weighted by Crippen LogP contribution is -2.32. The van der Waals surface area contributed by atoms with Crippen LogP contribution in [0, 0.1) is 0 Å². The molecule has 0 heterocycles. The van der Waals surface area contributed by atoms with Gasteiger partial charge < -0.3 is 30.7 Å². The van der Waals surface area contributed by atoms with E-state index in [0.29, 0.717) is 28.4 Å². The Kier molecular flexibility index (Phi) is 19.2. The molecule has 5 rings (SSSR count). The Hall–Kier alpha value is -6.43. The first-order chi connectivity index (χ1) is 32.8. The molecule has 0 bridgehead atoms. The van der Waals surface area contributed by atoms with Gasteiger partial charge in [-0.15, -0.1) is 34.8 Å². The van der Waals surface area contributed by atoms with Gasteiger partial charge in [0.1, 0.15) is 22.9 Å². The zero-order valence-corrected chi connectivity index (χ0v) is 41.6. The predicted molar refractivity (Wildman–Crippen MR) is 269 cm³/mol. The summed E-state index contributed by atoms with van der Waals surface area (Å²) in [5.74, 6) is -2.94. The lowest BCUT2D eigenvalue weighted by Gasteiger charge is -2.15. The van der Waals surface area contributed by atoms with Crippen LogP contribution in [-0.2, 0) is 25.6 Å². The highest BCUT2D eigenvalue weighted by Crippen LogP contribution is 2.35. The van der Waals surface area contributed by atoms with E-state index in [9.17, 15) is 28.8 Å². The number of anilines is 4. The van der Waals surface area contributed by atoms with Gasteiger partial charge in [0.25, 0.3) is 23.6 Å². The summed E-state index contributed by atoms with van der Waals surface area (Å²) in [7, 11) is 2.98. The maximum Gasteiger partial charge on any atom is 0.258 e. The number of nitrogens with zero attached hydrogens (tertiary/aromatic N) is 4. The van der Waals surface area contributed by atoms with E-state index in [-0.39, 0.29) is 67.0 Å². The molecule has 0 aliphatic carbocycles. The summed E-state index contributed by atoms with van der Waals surface area (Å²) in [5.41, 5.74) is 3.60. The number of halogens is 5. The SMILES string of the molecule is COc1cc(NC(=O)c2ccc(Cl)c(N=NC(C(C)=O)C(=O)Nc3ccc(NC(=O)C(N=Nc4cc(C(=O)Nc5ccc(C(C)Cl)c(OC)c5)ccc4Cl)C(C)=O)c(CCCl)c3)c2)ccc1C(C)Cl. The highest BCUT2D eigenvalue weighted by atomic mass is 35.5. The summed E-state index contributed by atoms with van der Waals surface area (Å²) in [6.45, 7) is 5.90. The van der Waals surface area contributed by atoms with Gasteiger partial charge in [-0.1, -0.05) is 35.3 Å². The largest absolute Gasteiger partial charge is 0.496 e. The molecule has 16 nitrogen and oxygen atoms in total. The third-order valence-corrected chi connectivity index (χ3v) is 11.4. The number of ether oxygens (including phenoxy) is 2. The number of rotatable bonds is 20. The number of benzene rings is 5. The first-order valence-electron chi connectivity index (χ1n) is 20.8. The molecule has 4 N–H and O–H groups in total. The minimum absolute atomic E-state index is 0.0138. The zero-order valence-electron chi connectivity index (χ0n) is 37.8. The van der Waals surface area contributed by atoms with Crippen LogP contribution < -0.4 is 30.7 Å². The van der Waals surface area contributed by atoms with Crippen molar-refractivity contribution in [1.29, 1.82) is 0 Å². The van der Waals surface area contributed by atoms with Gasteiger partial charge in [0, 0.05) is 63.0 Å². The third kappa shape index (κ3) is 14.3. The molecule has 21 heteroatoms. The second-order valence-corrected chi connectivity index (χ2v) is 17.6. The number of ketones is 2. The summed E-state index contributed by atoms with van der Waals surface area (Å²) in [6, 6.07) is 19.7.